The second-order valence-corrected chi connectivity index (χ2v) is 8.52. The highest BCUT2D eigenvalue weighted by Gasteiger charge is 2.28. The molecule has 1 atom stereocenters. The average molecular weight is 437 g/mol. The van der Waals surface area contributed by atoms with Crippen molar-refractivity contribution < 1.29 is 14.3 Å². The van der Waals surface area contributed by atoms with Crippen molar-refractivity contribution in [3.8, 4) is 0 Å². The van der Waals surface area contributed by atoms with E-state index >= 15 is 0 Å². The topological polar surface area (TPSA) is 69.6 Å². The number of fused-ring (bicyclic) bond motifs is 1. The van der Waals surface area contributed by atoms with Crippen LogP contribution in [0.15, 0.2) is 42.7 Å². The van der Waals surface area contributed by atoms with Gasteiger partial charge in [-0.25, -0.2) is 9.37 Å². The van der Waals surface area contributed by atoms with E-state index in [1.807, 2.05) is 30.0 Å². The molecule has 1 fully saturated rings. The van der Waals surface area contributed by atoms with Gasteiger partial charge in [0, 0.05) is 43.7 Å². The van der Waals surface area contributed by atoms with Gasteiger partial charge in [-0.2, -0.15) is 0 Å². The summed E-state index contributed by atoms with van der Waals surface area (Å²) in [6, 6.07) is 9.55. The number of carbonyl (C=O) groups excluding carboxylic acids is 1. The lowest BCUT2D eigenvalue weighted by Gasteiger charge is -2.41. The summed E-state index contributed by atoms with van der Waals surface area (Å²) in [5.41, 5.74) is 3.65. The van der Waals surface area contributed by atoms with Crippen molar-refractivity contribution in [3.05, 3.63) is 65.2 Å². The Hall–Kier alpha value is -3.06. The van der Waals surface area contributed by atoms with Gasteiger partial charge in [-0.3, -0.25) is 9.78 Å². The van der Waals surface area contributed by atoms with Gasteiger partial charge in [-0.1, -0.05) is 12.1 Å². The Labute approximate surface area is 187 Å². The number of rotatable bonds is 6. The maximum Gasteiger partial charge on any atom is 0.222 e. The number of aliphatic hydroxyl groups is 1. The molecule has 0 aliphatic carbocycles. The van der Waals surface area contributed by atoms with E-state index in [1.54, 1.807) is 6.20 Å². The van der Waals surface area contributed by atoms with E-state index in [4.69, 9.17) is 0 Å². The van der Waals surface area contributed by atoms with Crippen LogP contribution in [0.25, 0.3) is 10.9 Å². The summed E-state index contributed by atoms with van der Waals surface area (Å²) < 4.78 is 13.4. The number of benzene rings is 1. The predicted molar refractivity (Wildman–Crippen MR) is 123 cm³/mol. The monoisotopic (exact) mass is 436 g/mol. The highest BCUT2D eigenvalue weighted by Crippen LogP contribution is 2.23. The summed E-state index contributed by atoms with van der Waals surface area (Å²) in [5.74, 6) is 0.621. The Morgan fingerprint density at radius 1 is 1.22 bits per heavy atom. The molecule has 168 valence electrons. The molecule has 1 amide bonds. The third kappa shape index (κ3) is 4.72. The molecular weight excluding hydrogens is 407 g/mol. The molecule has 6 nitrogen and oxygen atoms in total. The van der Waals surface area contributed by atoms with Crippen LogP contribution in [0.5, 0.6) is 0 Å². The second-order valence-electron chi connectivity index (χ2n) is 8.52. The van der Waals surface area contributed by atoms with Crippen LogP contribution >= 0.6 is 0 Å². The van der Waals surface area contributed by atoms with Crippen LogP contribution in [0.2, 0.25) is 0 Å². The Balaban J connectivity index is 1.35. The van der Waals surface area contributed by atoms with Gasteiger partial charge in [0.15, 0.2) is 0 Å². The number of piperazine rings is 1. The third-order valence-electron chi connectivity index (χ3n) is 6.16. The Bertz CT molecular complexity index is 1120. The van der Waals surface area contributed by atoms with Crippen molar-refractivity contribution in [2.24, 2.45) is 0 Å². The van der Waals surface area contributed by atoms with Crippen LogP contribution in [0.4, 0.5) is 10.2 Å². The van der Waals surface area contributed by atoms with Gasteiger partial charge in [0.1, 0.15) is 11.6 Å². The van der Waals surface area contributed by atoms with Crippen molar-refractivity contribution in [1.82, 2.24) is 14.9 Å². The number of halogens is 1. The van der Waals surface area contributed by atoms with Gasteiger partial charge in [-0.05, 0) is 61.6 Å². The summed E-state index contributed by atoms with van der Waals surface area (Å²) >= 11 is 0. The first-order valence-corrected chi connectivity index (χ1v) is 11.1. The maximum atomic E-state index is 13.4. The molecule has 0 bridgehead atoms. The Morgan fingerprint density at radius 3 is 2.81 bits per heavy atom. The molecule has 4 rings (SSSR count). The lowest BCUT2D eigenvalue weighted by Crippen LogP contribution is -2.54. The van der Waals surface area contributed by atoms with E-state index in [-0.39, 0.29) is 24.4 Å². The predicted octanol–water partition coefficient (Wildman–Crippen LogP) is 3.63. The molecule has 1 aliphatic heterocycles. The van der Waals surface area contributed by atoms with Crippen molar-refractivity contribution in [2.75, 3.05) is 24.5 Å². The van der Waals surface area contributed by atoms with Crippen LogP contribution in [0, 0.1) is 12.7 Å². The molecule has 3 heterocycles. The third-order valence-corrected chi connectivity index (χ3v) is 6.16. The zero-order chi connectivity index (χ0) is 22.7. The second kappa shape index (κ2) is 9.61. The number of aliphatic hydroxyl groups excluding tert-OH is 1. The van der Waals surface area contributed by atoms with E-state index in [0.29, 0.717) is 26.1 Å². The van der Waals surface area contributed by atoms with Crippen LogP contribution in [-0.2, 0) is 17.8 Å². The number of hydrogen-bond donors (Lipinski definition) is 1. The molecule has 1 aliphatic rings. The molecule has 0 spiro atoms. The quantitative estimate of drug-likeness (QED) is 0.639. The Kier molecular flexibility index (Phi) is 6.65. The van der Waals surface area contributed by atoms with E-state index in [1.165, 1.54) is 12.3 Å². The number of amides is 1. The van der Waals surface area contributed by atoms with Crippen LogP contribution in [0.3, 0.4) is 0 Å². The zero-order valence-corrected chi connectivity index (χ0v) is 18.6. The SMILES string of the molecule is Cc1cc(F)cnc1N1CCN(C(=O)CCCc2cccc3ncc(CO)cc23)[C@@H](C)C1. The number of carbonyl (C=O) groups is 1. The van der Waals surface area contributed by atoms with E-state index in [0.717, 1.165) is 46.3 Å². The van der Waals surface area contributed by atoms with Crippen molar-refractivity contribution in [2.45, 2.75) is 45.8 Å². The lowest BCUT2D eigenvalue weighted by atomic mass is 10.0. The first-order chi connectivity index (χ1) is 15.5. The molecule has 3 aromatic rings. The average Bonchev–Trinajstić information content (AvgIpc) is 2.78. The Morgan fingerprint density at radius 2 is 2.06 bits per heavy atom. The fourth-order valence-corrected chi connectivity index (χ4v) is 4.52. The highest BCUT2D eigenvalue weighted by molar-refractivity contribution is 5.83. The molecule has 1 aromatic carbocycles. The van der Waals surface area contributed by atoms with Gasteiger partial charge in [0.05, 0.1) is 18.3 Å². The molecule has 0 radical (unpaired) electrons. The molecular formula is C25H29FN4O2. The van der Waals surface area contributed by atoms with Gasteiger partial charge < -0.3 is 14.9 Å². The summed E-state index contributed by atoms with van der Waals surface area (Å²) in [4.78, 5) is 25.7. The summed E-state index contributed by atoms with van der Waals surface area (Å²) in [6.45, 7) is 5.89. The number of aryl methyl sites for hydroxylation is 2. The fourth-order valence-electron chi connectivity index (χ4n) is 4.52. The standard InChI is InChI=1S/C25H29FN4O2/c1-17-11-21(26)14-28-25(17)29-9-10-30(18(2)15-29)24(32)8-4-6-20-5-3-7-23-22(20)12-19(16-31)13-27-23/h3,5,7,11-14,18,31H,4,6,8-10,15-16H2,1-2H3/t18-/m0/s1. The van der Waals surface area contributed by atoms with Crippen LogP contribution in [0.1, 0.15) is 36.5 Å². The minimum Gasteiger partial charge on any atom is -0.392 e. The van der Waals surface area contributed by atoms with Crippen LogP contribution in [-0.4, -0.2) is 51.6 Å². The molecule has 0 unspecified atom stereocenters. The number of hydrogen-bond acceptors (Lipinski definition) is 5. The molecule has 1 N–H and O–H groups in total. The minimum atomic E-state index is -0.331. The molecule has 32 heavy (non-hydrogen) atoms. The summed E-state index contributed by atoms with van der Waals surface area (Å²) in [6.07, 6.45) is 4.97. The van der Waals surface area contributed by atoms with Crippen LogP contribution < -0.4 is 4.90 Å². The molecule has 7 heteroatoms. The summed E-state index contributed by atoms with van der Waals surface area (Å²) in [7, 11) is 0. The minimum absolute atomic E-state index is 0.0351. The number of nitrogens with zero attached hydrogens (tertiary/aromatic N) is 4. The first kappa shape index (κ1) is 22.1. The zero-order valence-electron chi connectivity index (χ0n) is 18.6. The first-order valence-electron chi connectivity index (χ1n) is 11.1. The lowest BCUT2D eigenvalue weighted by molar-refractivity contribution is -0.133. The number of aromatic nitrogens is 2. The van der Waals surface area contributed by atoms with E-state index in [9.17, 15) is 14.3 Å². The number of pyridine rings is 2. The smallest absolute Gasteiger partial charge is 0.222 e. The fraction of sp³-hybridized carbons (Fsp3) is 0.400. The highest BCUT2D eigenvalue weighted by atomic mass is 19.1. The van der Waals surface area contributed by atoms with Gasteiger partial charge in [0.2, 0.25) is 5.91 Å². The van der Waals surface area contributed by atoms with Crippen molar-refractivity contribution in [1.29, 1.82) is 0 Å². The molecule has 0 saturated carbocycles. The maximum absolute atomic E-state index is 13.4. The number of anilines is 1. The van der Waals surface area contributed by atoms with Gasteiger partial charge in [0.25, 0.3) is 0 Å². The van der Waals surface area contributed by atoms with Crippen molar-refractivity contribution >= 4 is 22.6 Å². The largest absolute Gasteiger partial charge is 0.392 e. The van der Waals surface area contributed by atoms with Gasteiger partial charge >= 0.3 is 0 Å². The molecule has 1 saturated heterocycles. The van der Waals surface area contributed by atoms with Crippen molar-refractivity contribution in [3.63, 3.8) is 0 Å². The van der Waals surface area contributed by atoms with E-state index in [2.05, 4.69) is 27.9 Å². The normalized spacial score (nSPS) is 16.6. The summed E-state index contributed by atoms with van der Waals surface area (Å²) in [5, 5.41) is 10.4. The van der Waals surface area contributed by atoms with E-state index < -0.39 is 0 Å². The molecule has 2 aromatic heterocycles. The van der Waals surface area contributed by atoms with Gasteiger partial charge in [-0.15, -0.1) is 0 Å².